The van der Waals surface area contributed by atoms with E-state index in [-0.39, 0.29) is 32.2 Å². The van der Waals surface area contributed by atoms with E-state index in [4.69, 9.17) is 13.9 Å². The smallest absolute Gasteiger partial charge is 0.416 e. The second-order valence-electron chi connectivity index (χ2n) is 8.75. The first-order chi connectivity index (χ1) is 18.4. The van der Waals surface area contributed by atoms with E-state index >= 15 is 0 Å². The van der Waals surface area contributed by atoms with Crippen LogP contribution < -0.4 is 10.1 Å². The number of aromatic nitrogens is 1. The molecule has 4 rings (SSSR count). The number of benzene rings is 2. The summed E-state index contributed by atoms with van der Waals surface area (Å²) in [5.41, 5.74) is -0.633. The van der Waals surface area contributed by atoms with Crippen LogP contribution in [0.1, 0.15) is 22.6 Å². The molecule has 1 atom stereocenters. The molecule has 1 fully saturated rings. The molecule has 39 heavy (non-hydrogen) atoms. The Balaban J connectivity index is 1.45. The van der Waals surface area contributed by atoms with E-state index in [0.717, 1.165) is 16.4 Å². The van der Waals surface area contributed by atoms with Crippen molar-refractivity contribution < 1.29 is 45.4 Å². The van der Waals surface area contributed by atoms with E-state index in [0.29, 0.717) is 34.9 Å². The van der Waals surface area contributed by atoms with Gasteiger partial charge in [0.15, 0.2) is 11.2 Å². The zero-order chi connectivity index (χ0) is 28.2. The molecular formula is C25H26F3N3O7S. The average Bonchev–Trinajstić information content (AvgIpc) is 3.27. The predicted octanol–water partition coefficient (Wildman–Crippen LogP) is 3.41. The van der Waals surface area contributed by atoms with Crippen LogP contribution in [0.25, 0.3) is 11.5 Å². The molecule has 3 aromatic rings. The fraction of sp³-hybridized carbons (Fsp3) is 0.360. The number of hydrogen-bond acceptors (Lipinski definition) is 8. The number of carboxylic acid groups (broad SMARTS) is 1. The molecule has 0 saturated carbocycles. The number of nitrogens with zero attached hydrogens (tertiary/aromatic N) is 2. The number of aryl methyl sites for hydroxylation is 1. The number of morpholine rings is 1. The second kappa shape index (κ2) is 11.7. The standard InChI is InChI=1S/C25H26F3N3O7S/c1-16-21(38-24(30-16)18-5-7-19(8-6-18)25(26,27)28)15-37-20-4-2-3-17(11-20)13-31(14-22(32)33)39(34,35)23-12-29-9-10-36-23/h2-8,11,23,29H,9-10,12-15H2,1H3,(H,32,33). The lowest BCUT2D eigenvalue weighted by atomic mass is 10.1. The van der Waals surface area contributed by atoms with Gasteiger partial charge in [-0.2, -0.15) is 17.5 Å². The van der Waals surface area contributed by atoms with Gasteiger partial charge in [-0.05, 0) is 48.9 Å². The minimum Gasteiger partial charge on any atom is -0.486 e. The summed E-state index contributed by atoms with van der Waals surface area (Å²) in [6.07, 6.45) is -4.45. The summed E-state index contributed by atoms with van der Waals surface area (Å²) in [5.74, 6) is -0.447. The third kappa shape index (κ3) is 7.15. The molecule has 0 aliphatic carbocycles. The number of hydrogen-bond donors (Lipinski definition) is 2. The molecule has 1 aliphatic rings. The van der Waals surface area contributed by atoms with E-state index in [9.17, 15) is 31.5 Å². The monoisotopic (exact) mass is 569 g/mol. The first-order valence-corrected chi connectivity index (χ1v) is 13.3. The van der Waals surface area contributed by atoms with Crippen LogP contribution in [0.15, 0.2) is 52.9 Å². The summed E-state index contributed by atoms with van der Waals surface area (Å²) < 4.78 is 82.2. The Bertz CT molecular complexity index is 1400. The second-order valence-corrected chi connectivity index (χ2v) is 10.8. The lowest BCUT2D eigenvalue weighted by molar-refractivity contribution is -0.138. The van der Waals surface area contributed by atoms with Gasteiger partial charge in [-0.1, -0.05) is 12.1 Å². The number of aliphatic carboxylic acids is 1. The molecule has 0 amide bonds. The lowest BCUT2D eigenvalue weighted by Crippen LogP contribution is -2.49. The molecular weight excluding hydrogens is 543 g/mol. The normalized spacial score (nSPS) is 16.4. The van der Waals surface area contributed by atoms with Crippen molar-refractivity contribution in [3.05, 3.63) is 71.1 Å². The highest BCUT2D eigenvalue weighted by molar-refractivity contribution is 7.89. The molecule has 2 aromatic carbocycles. The van der Waals surface area contributed by atoms with Gasteiger partial charge < -0.3 is 24.3 Å². The molecule has 2 heterocycles. The van der Waals surface area contributed by atoms with Gasteiger partial charge in [-0.25, -0.2) is 13.4 Å². The SMILES string of the molecule is Cc1nc(-c2ccc(C(F)(F)F)cc2)oc1COc1cccc(CN(CC(=O)O)S(=O)(=O)C2CNCCO2)c1. The number of carboxylic acids is 1. The average molecular weight is 570 g/mol. The largest absolute Gasteiger partial charge is 0.486 e. The number of sulfonamides is 1. The third-order valence-corrected chi connectivity index (χ3v) is 7.82. The quantitative estimate of drug-likeness (QED) is 0.377. The van der Waals surface area contributed by atoms with E-state index < -0.39 is 39.7 Å². The van der Waals surface area contributed by atoms with Crippen molar-refractivity contribution in [2.45, 2.75) is 31.7 Å². The van der Waals surface area contributed by atoms with Crippen molar-refractivity contribution in [3.63, 3.8) is 0 Å². The van der Waals surface area contributed by atoms with Crippen LogP contribution in [0.4, 0.5) is 13.2 Å². The van der Waals surface area contributed by atoms with Gasteiger partial charge in [0.05, 0.1) is 17.9 Å². The molecule has 10 nitrogen and oxygen atoms in total. The molecule has 0 bridgehead atoms. The zero-order valence-electron chi connectivity index (χ0n) is 20.8. The van der Waals surface area contributed by atoms with Gasteiger partial charge in [0, 0.05) is 25.2 Å². The van der Waals surface area contributed by atoms with Crippen LogP contribution >= 0.6 is 0 Å². The molecule has 1 aromatic heterocycles. The Hall–Kier alpha value is -3.46. The zero-order valence-corrected chi connectivity index (χ0v) is 21.6. The number of nitrogens with one attached hydrogen (secondary N) is 1. The van der Waals surface area contributed by atoms with Crippen LogP contribution in [-0.2, 0) is 38.9 Å². The van der Waals surface area contributed by atoms with Gasteiger partial charge in [0.25, 0.3) is 0 Å². The number of carbonyl (C=O) groups is 1. The van der Waals surface area contributed by atoms with Crippen molar-refractivity contribution in [1.82, 2.24) is 14.6 Å². The third-order valence-electron chi connectivity index (χ3n) is 5.88. The van der Waals surface area contributed by atoms with Crippen LogP contribution in [0.2, 0.25) is 0 Å². The topological polar surface area (TPSA) is 131 Å². The highest BCUT2D eigenvalue weighted by atomic mass is 32.2. The Morgan fingerprint density at radius 3 is 2.62 bits per heavy atom. The summed E-state index contributed by atoms with van der Waals surface area (Å²) in [5, 5.41) is 12.2. The van der Waals surface area contributed by atoms with Gasteiger partial charge in [0.2, 0.25) is 15.9 Å². The molecule has 2 N–H and O–H groups in total. The Morgan fingerprint density at radius 2 is 1.97 bits per heavy atom. The summed E-state index contributed by atoms with van der Waals surface area (Å²) in [4.78, 5) is 15.7. The molecule has 14 heteroatoms. The number of ether oxygens (including phenoxy) is 2. The molecule has 210 valence electrons. The Kier molecular flexibility index (Phi) is 8.59. The van der Waals surface area contributed by atoms with Crippen molar-refractivity contribution in [3.8, 4) is 17.2 Å². The summed E-state index contributed by atoms with van der Waals surface area (Å²) in [7, 11) is -4.08. The Labute approximate surface area is 222 Å². The van der Waals surface area contributed by atoms with Gasteiger partial charge in [-0.3, -0.25) is 4.79 Å². The van der Waals surface area contributed by atoms with E-state index in [1.54, 1.807) is 31.2 Å². The number of oxazole rings is 1. The van der Waals surface area contributed by atoms with Crippen molar-refractivity contribution in [2.24, 2.45) is 0 Å². The van der Waals surface area contributed by atoms with Crippen LogP contribution in [0.5, 0.6) is 5.75 Å². The summed E-state index contributed by atoms with van der Waals surface area (Å²) >= 11 is 0. The molecule has 1 saturated heterocycles. The predicted molar refractivity (Wildman–Crippen MR) is 132 cm³/mol. The maximum Gasteiger partial charge on any atom is 0.416 e. The number of rotatable bonds is 10. The first kappa shape index (κ1) is 28.5. The van der Waals surface area contributed by atoms with E-state index in [1.807, 2.05) is 0 Å². The van der Waals surface area contributed by atoms with Crippen molar-refractivity contribution in [1.29, 1.82) is 0 Å². The maximum absolute atomic E-state index is 13.0. The molecule has 0 spiro atoms. The van der Waals surface area contributed by atoms with Crippen LogP contribution in [0, 0.1) is 6.92 Å². The highest BCUT2D eigenvalue weighted by Crippen LogP contribution is 2.31. The fourth-order valence-electron chi connectivity index (χ4n) is 3.86. The molecule has 0 radical (unpaired) electrons. The van der Waals surface area contributed by atoms with Gasteiger partial charge >= 0.3 is 12.1 Å². The minimum atomic E-state index is -4.45. The fourth-order valence-corrected chi connectivity index (χ4v) is 5.41. The summed E-state index contributed by atoms with van der Waals surface area (Å²) in [6, 6.07) is 10.9. The minimum absolute atomic E-state index is 0.0482. The lowest BCUT2D eigenvalue weighted by Gasteiger charge is -2.29. The first-order valence-electron chi connectivity index (χ1n) is 11.8. The van der Waals surface area contributed by atoms with E-state index in [1.165, 1.54) is 12.1 Å². The van der Waals surface area contributed by atoms with Crippen molar-refractivity contribution >= 4 is 16.0 Å². The van der Waals surface area contributed by atoms with Crippen molar-refractivity contribution in [2.75, 3.05) is 26.2 Å². The van der Waals surface area contributed by atoms with Gasteiger partial charge in [0.1, 0.15) is 18.9 Å². The highest BCUT2D eigenvalue weighted by Gasteiger charge is 2.35. The Morgan fingerprint density at radius 1 is 1.23 bits per heavy atom. The molecule has 1 aliphatic heterocycles. The van der Waals surface area contributed by atoms with Crippen LogP contribution in [-0.4, -0.2) is 60.5 Å². The maximum atomic E-state index is 13.0. The van der Waals surface area contributed by atoms with Gasteiger partial charge in [-0.15, -0.1) is 0 Å². The summed E-state index contributed by atoms with van der Waals surface area (Å²) in [6.45, 7) is 1.40. The number of halogens is 3. The van der Waals surface area contributed by atoms with Crippen LogP contribution in [0.3, 0.4) is 0 Å². The van der Waals surface area contributed by atoms with E-state index in [2.05, 4.69) is 10.3 Å². The number of alkyl halides is 3. The molecule has 1 unspecified atom stereocenters.